The summed E-state index contributed by atoms with van der Waals surface area (Å²) in [5.41, 5.74) is 0. The van der Waals surface area contributed by atoms with Crippen LogP contribution in [0.1, 0.15) is 41.9 Å². The van der Waals surface area contributed by atoms with Crippen molar-refractivity contribution >= 4 is 23.4 Å². The van der Waals surface area contributed by atoms with Gasteiger partial charge in [0, 0.05) is 22.4 Å². The second kappa shape index (κ2) is 7.46. The molecule has 4 heteroatoms. The zero-order valence-electron chi connectivity index (χ0n) is 11.0. The minimum atomic E-state index is -0.913. The predicted octanol–water partition coefficient (Wildman–Crippen LogP) is 3.94. The van der Waals surface area contributed by atoms with Crippen molar-refractivity contribution in [2.24, 2.45) is 5.92 Å². The molecule has 1 aromatic heterocycles. The number of carboxylic acids is 1. The van der Waals surface area contributed by atoms with Crippen molar-refractivity contribution in [1.29, 1.82) is 0 Å². The molecule has 1 aliphatic carbocycles. The zero-order valence-corrected chi connectivity index (χ0v) is 11.8. The molecule has 1 fully saturated rings. The molecule has 104 valence electrons. The summed E-state index contributed by atoms with van der Waals surface area (Å²) in [7, 11) is 0. The maximum absolute atomic E-state index is 10.4. The van der Waals surface area contributed by atoms with E-state index in [1.165, 1.54) is 38.2 Å². The van der Waals surface area contributed by atoms with Gasteiger partial charge in [-0.2, -0.15) is 0 Å². The van der Waals surface area contributed by atoms with Gasteiger partial charge >= 0.3 is 5.97 Å². The fourth-order valence-corrected chi connectivity index (χ4v) is 3.25. The lowest BCUT2D eigenvalue weighted by atomic mass is 9.90. The molecule has 0 spiro atoms. The van der Waals surface area contributed by atoms with Gasteiger partial charge in [0.15, 0.2) is 0 Å². The highest BCUT2D eigenvalue weighted by atomic mass is 32.1. The highest BCUT2D eigenvalue weighted by Gasteiger charge is 2.13. The Morgan fingerprint density at radius 3 is 2.89 bits per heavy atom. The van der Waals surface area contributed by atoms with Gasteiger partial charge in [0.1, 0.15) is 0 Å². The molecule has 3 nitrogen and oxygen atoms in total. The second-order valence-corrected chi connectivity index (χ2v) is 6.19. The van der Waals surface area contributed by atoms with Crippen LogP contribution in [0.25, 0.3) is 6.08 Å². The number of rotatable bonds is 6. The number of hydrogen-bond acceptors (Lipinski definition) is 3. The summed E-state index contributed by atoms with van der Waals surface area (Å²) in [5, 5.41) is 8.56. The molecule has 1 saturated carbocycles. The van der Waals surface area contributed by atoms with Crippen molar-refractivity contribution in [2.75, 3.05) is 6.61 Å². The number of carboxylic acid groups (broad SMARTS) is 1. The van der Waals surface area contributed by atoms with Crippen LogP contribution < -0.4 is 0 Å². The molecule has 0 saturated heterocycles. The van der Waals surface area contributed by atoms with Gasteiger partial charge in [0.05, 0.1) is 6.61 Å². The first-order chi connectivity index (χ1) is 9.24. The average molecular weight is 280 g/mol. The van der Waals surface area contributed by atoms with E-state index in [4.69, 9.17) is 9.84 Å². The van der Waals surface area contributed by atoms with Crippen molar-refractivity contribution in [1.82, 2.24) is 0 Å². The Kier molecular flexibility index (Phi) is 5.61. The highest BCUT2D eigenvalue weighted by Crippen LogP contribution is 2.24. The van der Waals surface area contributed by atoms with Crippen molar-refractivity contribution in [3.05, 3.63) is 28.0 Å². The highest BCUT2D eigenvalue weighted by molar-refractivity contribution is 7.12. The Balaban J connectivity index is 1.72. The zero-order chi connectivity index (χ0) is 13.5. The van der Waals surface area contributed by atoms with Gasteiger partial charge < -0.3 is 9.84 Å². The molecule has 2 rings (SSSR count). The van der Waals surface area contributed by atoms with Crippen LogP contribution in [0.4, 0.5) is 0 Å². The average Bonchev–Trinajstić information content (AvgIpc) is 2.86. The molecule has 1 aromatic rings. The van der Waals surface area contributed by atoms with Crippen LogP contribution in [0.2, 0.25) is 0 Å². The van der Waals surface area contributed by atoms with Gasteiger partial charge in [0.25, 0.3) is 0 Å². The van der Waals surface area contributed by atoms with E-state index in [0.29, 0.717) is 6.61 Å². The van der Waals surface area contributed by atoms with Crippen LogP contribution in [0.5, 0.6) is 0 Å². The maximum atomic E-state index is 10.4. The second-order valence-electron chi connectivity index (χ2n) is 4.99. The van der Waals surface area contributed by atoms with E-state index in [2.05, 4.69) is 0 Å². The van der Waals surface area contributed by atoms with E-state index in [1.54, 1.807) is 17.4 Å². The van der Waals surface area contributed by atoms with E-state index in [-0.39, 0.29) is 0 Å². The lowest BCUT2D eigenvalue weighted by molar-refractivity contribution is -0.131. The van der Waals surface area contributed by atoms with Gasteiger partial charge in [-0.05, 0) is 37.0 Å². The largest absolute Gasteiger partial charge is 0.478 e. The van der Waals surface area contributed by atoms with Gasteiger partial charge in [-0.3, -0.25) is 0 Å². The Morgan fingerprint density at radius 2 is 2.16 bits per heavy atom. The number of hydrogen-bond donors (Lipinski definition) is 1. The molecule has 0 unspecified atom stereocenters. The van der Waals surface area contributed by atoms with Crippen molar-refractivity contribution < 1.29 is 14.6 Å². The van der Waals surface area contributed by atoms with Gasteiger partial charge in [-0.1, -0.05) is 19.3 Å². The minimum Gasteiger partial charge on any atom is -0.478 e. The van der Waals surface area contributed by atoms with Gasteiger partial charge in [-0.15, -0.1) is 11.3 Å². The molecule has 0 aliphatic heterocycles. The standard InChI is InChI=1S/C15H20O3S/c16-15(17)9-8-13-6-7-14(19-13)11-18-10-12-4-2-1-3-5-12/h6-9,12H,1-5,10-11H2,(H,16,17). The molecule has 1 N–H and O–H groups in total. The monoisotopic (exact) mass is 280 g/mol. The summed E-state index contributed by atoms with van der Waals surface area (Å²) in [4.78, 5) is 12.5. The third kappa shape index (κ3) is 5.17. The lowest BCUT2D eigenvalue weighted by Gasteiger charge is -2.21. The fourth-order valence-electron chi connectivity index (χ4n) is 2.40. The third-order valence-electron chi connectivity index (χ3n) is 3.40. The van der Waals surface area contributed by atoms with Crippen LogP contribution >= 0.6 is 11.3 Å². The summed E-state index contributed by atoms with van der Waals surface area (Å²) in [6.45, 7) is 1.50. The van der Waals surface area contributed by atoms with Gasteiger partial charge in [-0.25, -0.2) is 4.79 Å². The number of aliphatic carboxylic acids is 1. The lowest BCUT2D eigenvalue weighted by Crippen LogP contribution is -2.12. The summed E-state index contributed by atoms with van der Waals surface area (Å²) in [6.07, 6.45) is 9.46. The van der Waals surface area contributed by atoms with Crippen LogP contribution in [-0.4, -0.2) is 17.7 Å². The maximum Gasteiger partial charge on any atom is 0.328 e. The summed E-state index contributed by atoms with van der Waals surface area (Å²) in [5.74, 6) is -0.177. The van der Waals surface area contributed by atoms with E-state index in [1.807, 2.05) is 12.1 Å². The number of carbonyl (C=O) groups is 1. The first kappa shape index (κ1) is 14.3. The normalized spacial score (nSPS) is 17.1. The first-order valence-electron chi connectivity index (χ1n) is 6.81. The molecule has 1 aliphatic rings. The minimum absolute atomic E-state index is 0.641. The van der Waals surface area contributed by atoms with Crippen LogP contribution in [0, 0.1) is 5.92 Å². The summed E-state index contributed by atoms with van der Waals surface area (Å²) >= 11 is 1.59. The van der Waals surface area contributed by atoms with E-state index >= 15 is 0 Å². The molecule has 0 atom stereocenters. The SMILES string of the molecule is O=C(O)C=Cc1ccc(COCC2CCCCC2)s1. The Hall–Kier alpha value is -1.13. The van der Waals surface area contributed by atoms with Crippen molar-refractivity contribution in [2.45, 2.75) is 38.7 Å². The molecular formula is C15H20O3S. The Bertz CT molecular complexity index is 430. The quantitative estimate of drug-likeness (QED) is 0.803. The molecule has 1 heterocycles. The van der Waals surface area contributed by atoms with E-state index in [0.717, 1.165) is 22.3 Å². The molecular weight excluding hydrogens is 260 g/mol. The van der Waals surface area contributed by atoms with Gasteiger partial charge in [0.2, 0.25) is 0 Å². The number of thiophene rings is 1. The molecule has 0 bridgehead atoms. The van der Waals surface area contributed by atoms with E-state index < -0.39 is 5.97 Å². The van der Waals surface area contributed by atoms with Crippen LogP contribution in [0.15, 0.2) is 18.2 Å². The van der Waals surface area contributed by atoms with Crippen LogP contribution in [-0.2, 0) is 16.1 Å². The summed E-state index contributed by atoms with van der Waals surface area (Å²) < 4.78 is 5.77. The predicted molar refractivity (Wildman–Crippen MR) is 77.2 cm³/mol. The topological polar surface area (TPSA) is 46.5 Å². The molecule has 0 amide bonds. The van der Waals surface area contributed by atoms with E-state index in [9.17, 15) is 4.79 Å². The Morgan fingerprint density at radius 1 is 1.37 bits per heavy atom. The van der Waals surface area contributed by atoms with Crippen molar-refractivity contribution in [3.63, 3.8) is 0 Å². The van der Waals surface area contributed by atoms with Crippen LogP contribution in [0.3, 0.4) is 0 Å². The number of ether oxygens (including phenoxy) is 1. The smallest absolute Gasteiger partial charge is 0.328 e. The third-order valence-corrected chi connectivity index (χ3v) is 4.42. The molecule has 0 radical (unpaired) electrons. The summed E-state index contributed by atoms with van der Waals surface area (Å²) in [6, 6.07) is 3.94. The first-order valence-corrected chi connectivity index (χ1v) is 7.63. The fraction of sp³-hybridized carbons (Fsp3) is 0.533. The molecule has 19 heavy (non-hydrogen) atoms. The van der Waals surface area contributed by atoms with Crippen molar-refractivity contribution in [3.8, 4) is 0 Å². The Labute approximate surface area is 117 Å². The molecule has 0 aromatic carbocycles.